The molecular formula is C11H17N3O2S. The fourth-order valence-corrected chi connectivity index (χ4v) is 2.46. The summed E-state index contributed by atoms with van der Waals surface area (Å²) in [5, 5.41) is 5.25. The van der Waals surface area contributed by atoms with Crippen molar-refractivity contribution in [2.45, 2.75) is 25.8 Å². The summed E-state index contributed by atoms with van der Waals surface area (Å²) in [6.45, 7) is 1.99. The average molecular weight is 255 g/mol. The topological polar surface area (TPSA) is 77.2 Å². The molecule has 0 aliphatic carbocycles. The molecule has 1 aromatic heterocycles. The van der Waals surface area contributed by atoms with Crippen molar-refractivity contribution >= 4 is 22.4 Å². The van der Waals surface area contributed by atoms with Gasteiger partial charge in [0.05, 0.1) is 12.2 Å². The summed E-state index contributed by atoms with van der Waals surface area (Å²) >= 11 is 1.39. The van der Waals surface area contributed by atoms with E-state index >= 15 is 0 Å². The lowest BCUT2D eigenvalue weighted by molar-refractivity contribution is -0.123. The largest absolute Gasteiger partial charge is 0.381 e. The van der Waals surface area contributed by atoms with Crippen LogP contribution in [0.1, 0.15) is 25.0 Å². The number of rotatable bonds is 4. The van der Waals surface area contributed by atoms with E-state index in [0.717, 1.165) is 25.1 Å². The van der Waals surface area contributed by atoms with Crippen LogP contribution >= 0.6 is 11.3 Å². The van der Waals surface area contributed by atoms with Crippen molar-refractivity contribution in [1.29, 1.82) is 0 Å². The third-order valence-electron chi connectivity index (χ3n) is 2.76. The molecule has 6 heteroatoms. The first-order valence-electron chi connectivity index (χ1n) is 5.78. The first-order valence-corrected chi connectivity index (χ1v) is 6.66. The van der Waals surface area contributed by atoms with Gasteiger partial charge in [-0.15, -0.1) is 11.3 Å². The van der Waals surface area contributed by atoms with E-state index in [2.05, 4.69) is 10.3 Å². The second-order valence-electron chi connectivity index (χ2n) is 4.24. The molecule has 1 aliphatic heterocycles. The van der Waals surface area contributed by atoms with E-state index in [9.17, 15) is 4.79 Å². The number of nitrogens with two attached hydrogens (primary N) is 1. The van der Waals surface area contributed by atoms with Gasteiger partial charge in [-0.25, -0.2) is 4.98 Å². The molecule has 0 spiro atoms. The van der Waals surface area contributed by atoms with Crippen molar-refractivity contribution in [1.82, 2.24) is 10.3 Å². The van der Waals surface area contributed by atoms with E-state index in [-0.39, 0.29) is 5.91 Å². The lowest BCUT2D eigenvalue weighted by Crippen LogP contribution is -2.28. The number of hydrogen-bond donors (Lipinski definition) is 2. The lowest BCUT2D eigenvalue weighted by atomic mass is 9.98. The Labute approximate surface area is 104 Å². The summed E-state index contributed by atoms with van der Waals surface area (Å²) in [6, 6.07) is 0. The minimum Gasteiger partial charge on any atom is -0.381 e. The Morgan fingerprint density at radius 1 is 1.71 bits per heavy atom. The maximum atomic E-state index is 11.7. The summed E-state index contributed by atoms with van der Waals surface area (Å²) < 4.78 is 5.34. The smallest absolute Gasteiger partial charge is 0.220 e. The molecule has 5 nitrogen and oxygen atoms in total. The van der Waals surface area contributed by atoms with Crippen LogP contribution in [-0.2, 0) is 16.1 Å². The predicted octanol–water partition coefficient (Wildman–Crippen LogP) is 1.16. The quantitative estimate of drug-likeness (QED) is 0.846. The molecule has 1 saturated heterocycles. The van der Waals surface area contributed by atoms with Gasteiger partial charge >= 0.3 is 0 Å². The van der Waals surface area contributed by atoms with Gasteiger partial charge < -0.3 is 15.8 Å². The molecule has 0 unspecified atom stereocenters. The van der Waals surface area contributed by atoms with Gasteiger partial charge in [-0.05, 0) is 18.8 Å². The molecule has 2 heterocycles. The first-order chi connectivity index (χ1) is 8.24. The Hall–Kier alpha value is -1.14. The van der Waals surface area contributed by atoms with Crippen LogP contribution in [0.4, 0.5) is 5.13 Å². The first kappa shape index (κ1) is 12.3. The second-order valence-corrected chi connectivity index (χ2v) is 5.13. The van der Waals surface area contributed by atoms with Crippen molar-refractivity contribution in [2.75, 3.05) is 18.9 Å². The molecule has 0 aromatic carbocycles. The Kier molecular flexibility index (Phi) is 4.33. The predicted molar refractivity (Wildman–Crippen MR) is 66.5 cm³/mol. The van der Waals surface area contributed by atoms with E-state index in [1.807, 2.05) is 5.38 Å². The van der Waals surface area contributed by atoms with Crippen LogP contribution in [0.5, 0.6) is 0 Å². The van der Waals surface area contributed by atoms with Crippen molar-refractivity contribution in [3.63, 3.8) is 0 Å². The number of nitrogens with one attached hydrogen (secondary N) is 1. The highest BCUT2D eigenvalue weighted by atomic mass is 32.1. The molecule has 3 N–H and O–H groups in total. The Morgan fingerprint density at radius 3 is 3.24 bits per heavy atom. The summed E-state index contributed by atoms with van der Waals surface area (Å²) in [5.74, 6) is 0.427. The molecule has 1 aliphatic rings. The normalized spacial score (nSPS) is 20.1. The Balaban J connectivity index is 1.70. The molecule has 1 amide bonds. The van der Waals surface area contributed by atoms with Crippen LogP contribution in [-0.4, -0.2) is 24.1 Å². The van der Waals surface area contributed by atoms with Gasteiger partial charge in [0.1, 0.15) is 0 Å². The van der Waals surface area contributed by atoms with Crippen LogP contribution in [0.3, 0.4) is 0 Å². The van der Waals surface area contributed by atoms with Gasteiger partial charge in [0.15, 0.2) is 5.13 Å². The van der Waals surface area contributed by atoms with Gasteiger partial charge in [-0.1, -0.05) is 0 Å². The maximum absolute atomic E-state index is 11.7. The third-order valence-corrected chi connectivity index (χ3v) is 3.49. The zero-order chi connectivity index (χ0) is 12.1. The molecule has 1 atom stereocenters. The van der Waals surface area contributed by atoms with Crippen LogP contribution in [0.25, 0.3) is 0 Å². The van der Waals surface area contributed by atoms with Crippen LogP contribution < -0.4 is 11.1 Å². The van der Waals surface area contributed by atoms with Crippen molar-refractivity contribution in [3.05, 3.63) is 11.1 Å². The molecule has 1 fully saturated rings. The Morgan fingerprint density at radius 2 is 2.59 bits per heavy atom. The number of amides is 1. The van der Waals surface area contributed by atoms with E-state index in [4.69, 9.17) is 10.5 Å². The fourth-order valence-electron chi connectivity index (χ4n) is 1.90. The van der Waals surface area contributed by atoms with Crippen LogP contribution in [0.15, 0.2) is 5.38 Å². The number of carbonyl (C=O) groups is 1. The summed E-state index contributed by atoms with van der Waals surface area (Å²) in [5.41, 5.74) is 6.33. The third kappa shape index (κ3) is 3.98. The SMILES string of the molecule is Nc1nc(CNC(=O)C[C@@H]2CCCOC2)cs1. The van der Waals surface area contributed by atoms with E-state index < -0.39 is 0 Å². The highest BCUT2D eigenvalue weighted by Crippen LogP contribution is 2.17. The van der Waals surface area contributed by atoms with Crippen LogP contribution in [0, 0.1) is 5.92 Å². The maximum Gasteiger partial charge on any atom is 0.220 e. The lowest BCUT2D eigenvalue weighted by Gasteiger charge is -2.21. The molecule has 0 saturated carbocycles. The average Bonchev–Trinajstić information content (AvgIpc) is 2.74. The Bertz CT molecular complexity index is 375. The molecular weight excluding hydrogens is 238 g/mol. The van der Waals surface area contributed by atoms with Gasteiger partial charge in [0.25, 0.3) is 0 Å². The van der Waals surface area contributed by atoms with Crippen molar-refractivity contribution < 1.29 is 9.53 Å². The van der Waals surface area contributed by atoms with Crippen molar-refractivity contribution in [2.24, 2.45) is 5.92 Å². The minimum absolute atomic E-state index is 0.0621. The number of carbonyl (C=O) groups excluding carboxylic acids is 1. The zero-order valence-electron chi connectivity index (χ0n) is 9.65. The molecule has 1 aromatic rings. The number of thiazole rings is 1. The number of nitrogen functional groups attached to an aromatic ring is 1. The van der Waals surface area contributed by atoms with E-state index in [1.165, 1.54) is 11.3 Å². The molecule has 0 bridgehead atoms. The standard InChI is InChI=1S/C11H17N3O2S/c12-11-14-9(7-17-11)5-13-10(15)4-8-2-1-3-16-6-8/h7-8H,1-6H2,(H2,12,14)(H,13,15)/t8-/m0/s1. The van der Waals surface area contributed by atoms with Crippen LogP contribution in [0.2, 0.25) is 0 Å². The van der Waals surface area contributed by atoms with E-state index in [1.54, 1.807) is 0 Å². The molecule has 2 rings (SSSR count). The van der Waals surface area contributed by atoms with Gasteiger partial charge in [0.2, 0.25) is 5.91 Å². The second kappa shape index (κ2) is 5.97. The molecule has 0 radical (unpaired) electrons. The summed E-state index contributed by atoms with van der Waals surface area (Å²) in [6.07, 6.45) is 2.68. The highest BCUT2D eigenvalue weighted by Gasteiger charge is 2.17. The summed E-state index contributed by atoms with van der Waals surface area (Å²) in [4.78, 5) is 15.8. The van der Waals surface area contributed by atoms with Gasteiger partial charge in [-0.2, -0.15) is 0 Å². The summed E-state index contributed by atoms with van der Waals surface area (Å²) in [7, 11) is 0. The van der Waals surface area contributed by atoms with Gasteiger partial charge in [-0.3, -0.25) is 4.79 Å². The highest BCUT2D eigenvalue weighted by molar-refractivity contribution is 7.13. The monoisotopic (exact) mass is 255 g/mol. The van der Waals surface area contributed by atoms with Crippen molar-refractivity contribution in [3.8, 4) is 0 Å². The molecule has 17 heavy (non-hydrogen) atoms. The fraction of sp³-hybridized carbons (Fsp3) is 0.636. The number of hydrogen-bond acceptors (Lipinski definition) is 5. The molecule has 94 valence electrons. The number of aromatic nitrogens is 1. The van der Waals surface area contributed by atoms with E-state index in [0.29, 0.717) is 30.6 Å². The zero-order valence-corrected chi connectivity index (χ0v) is 10.5. The number of anilines is 1. The van der Waals surface area contributed by atoms with Gasteiger partial charge in [0, 0.05) is 25.0 Å². The minimum atomic E-state index is 0.0621. The number of ether oxygens (including phenoxy) is 1. The number of nitrogens with zero attached hydrogens (tertiary/aromatic N) is 1.